The molecule has 0 atom stereocenters. The van der Waals surface area contributed by atoms with Gasteiger partial charge in [-0.25, -0.2) is 0 Å². The highest BCUT2D eigenvalue weighted by molar-refractivity contribution is 5.58. The average Bonchev–Trinajstić information content (AvgIpc) is 2.13. The van der Waals surface area contributed by atoms with E-state index >= 15 is 0 Å². The molecule has 0 saturated heterocycles. The van der Waals surface area contributed by atoms with E-state index in [4.69, 9.17) is 0 Å². The highest BCUT2D eigenvalue weighted by atomic mass is 14.7. The summed E-state index contributed by atoms with van der Waals surface area (Å²) in [5.41, 5.74) is 5.11. The first-order valence-electron chi connectivity index (χ1n) is 5.16. The molecule has 76 valence electrons. The topological polar surface area (TPSA) is 12.9 Å². The highest BCUT2D eigenvalue weighted by Crippen LogP contribution is 2.23. The summed E-state index contributed by atoms with van der Waals surface area (Å²) in [5, 5.41) is 0. The second-order valence-corrected chi connectivity index (χ2v) is 4.02. The lowest BCUT2D eigenvalue weighted by atomic mass is 9.97. The van der Waals surface area contributed by atoms with Crippen LogP contribution in [-0.4, -0.2) is 4.98 Å². The van der Waals surface area contributed by atoms with Gasteiger partial charge >= 0.3 is 0 Å². The summed E-state index contributed by atoms with van der Waals surface area (Å²) in [4.78, 5) is 4.51. The Morgan fingerprint density at radius 3 is 2.43 bits per heavy atom. The van der Waals surface area contributed by atoms with Gasteiger partial charge in [0.2, 0.25) is 0 Å². The van der Waals surface area contributed by atoms with Crippen LogP contribution in [0.1, 0.15) is 49.1 Å². The van der Waals surface area contributed by atoms with Crippen LogP contribution in [0.5, 0.6) is 0 Å². The molecule has 0 radical (unpaired) electrons. The first kappa shape index (κ1) is 11.0. The lowest BCUT2D eigenvalue weighted by molar-refractivity contribution is 0.814. The zero-order valence-electron chi connectivity index (χ0n) is 9.76. The van der Waals surface area contributed by atoms with Crippen molar-refractivity contribution in [2.24, 2.45) is 0 Å². The molecule has 1 heterocycles. The van der Waals surface area contributed by atoms with Crippen molar-refractivity contribution in [3.63, 3.8) is 0 Å². The Morgan fingerprint density at radius 1 is 1.29 bits per heavy atom. The Balaban J connectivity index is 3.37. The van der Waals surface area contributed by atoms with Gasteiger partial charge in [0, 0.05) is 6.20 Å². The SMILES string of the molecule is C/C=C\c1c(C(C)C)ncc(C)c1C. The highest BCUT2D eigenvalue weighted by Gasteiger charge is 2.09. The van der Waals surface area contributed by atoms with Gasteiger partial charge in [0.05, 0.1) is 5.69 Å². The van der Waals surface area contributed by atoms with E-state index in [9.17, 15) is 0 Å². The van der Waals surface area contributed by atoms with Crippen LogP contribution in [0.25, 0.3) is 6.08 Å². The van der Waals surface area contributed by atoms with Crippen LogP contribution in [0, 0.1) is 13.8 Å². The third-order valence-corrected chi connectivity index (χ3v) is 2.55. The Hall–Kier alpha value is -1.11. The van der Waals surface area contributed by atoms with Crippen molar-refractivity contribution in [3.8, 4) is 0 Å². The molecular formula is C13H19N. The van der Waals surface area contributed by atoms with Gasteiger partial charge in [-0.15, -0.1) is 0 Å². The van der Waals surface area contributed by atoms with Gasteiger partial charge in [0.25, 0.3) is 0 Å². The van der Waals surface area contributed by atoms with Gasteiger partial charge in [-0.1, -0.05) is 26.0 Å². The molecule has 0 saturated carbocycles. The Morgan fingerprint density at radius 2 is 1.93 bits per heavy atom. The van der Waals surface area contributed by atoms with Crippen molar-refractivity contribution < 1.29 is 0 Å². The molecule has 0 N–H and O–H groups in total. The van der Waals surface area contributed by atoms with Crippen molar-refractivity contribution in [1.29, 1.82) is 0 Å². The molecule has 0 spiro atoms. The standard InChI is InChI=1S/C13H19N/c1-6-7-12-11(5)10(4)8-14-13(12)9(2)3/h6-9H,1-5H3/b7-6-. The summed E-state index contributed by atoms with van der Waals surface area (Å²) in [7, 11) is 0. The third-order valence-electron chi connectivity index (χ3n) is 2.55. The second kappa shape index (κ2) is 4.41. The summed E-state index contributed by atoms with van der Waals surface area (Å²) in [6, 6.07) is 0. The number of rotatable bonds is 2. The Kier molecular flexibility index (Phi) is 3.45. The minimum Gasteiger partial charge on any atom is -0.260 e. The average molecular weight is 189 g/mol. The van der Waals surface area contributed by atoms with Crippen molar-refractivity contribution in [2.45, 2.75) is 40.5 Å². The fraction of sp³-hybridized carbons (Fsp3) is 0.462. The van der Waals surface area contributed by atoms with Gasteiger partial charge in [-0.05, 0) is 43.4 Å². The molecule has 0 unspecified atom stereocenters. The van der Waals surface area contributed by atoms with Crippen LogP contribution in [0.4, 0.5) is 0 Å². The van der Waals surface area contributed by atoms with Crippen molar-refractivity contribution >= 4 is 6.08 Å². The van der Waals surface area contributed by atoms with Crippen LogP contribution in [-0.2, 0) is 0 Å². The zero-order chi connectivity index (χ0) is 10.7. The summed E-state index contributed by atoms with van der Waals surface area (Å²) in [6.07, 6.45) is 6.21. The minimum absolute atomic E-state index is 0.487. The largest absolute Gasteiger partial charge is 0.260 e. The number of aryl methyl sites for hydroxylation is 1. The molecule has 0 fully saturated rings. The van der Waals surface area contributed by atoms with Crippen LogP contribution >= 0.6 is 0 Å². The maximum atomic E-state index is 4.51. The molecule has 0 aliphatic heterocycles. The maximum Gasteiger partial charge on any atom is 0.0503 e. The second-order valence-electron chi connectivity index (χ2n) is 4.02. The summed E-state index contributed by atoms with van der Waals surface area (Å²) in [6.45, 7) is 10.7. The lowest BCUT2D eigenvalue weighted by Gasteiger charge is -2.13. The molecule has 1 heteroatoms. The predicted octanol–water partition coefficient (Wildman–Crippen LogP) is 3.85. The van der Waals surface area contributed by atoms with Gasteiger partial charge in [0.15, 0.2) is 0 Å². The molecular weight excluding hydrogens is 170 g/mol. The van der Waals surface area contributed by atoms with Gasteiger partial charge in [-0.2, -0.15) is 0 Å². The molecule has 1 aromatic rings. The molecule has 0 aliphatic rings. The number of hydrogen-bond donors (Lipinski definition) is 0. The normalized spacial score (nSPS) is 11.6. The summed E-state index contributed by atoms with van der Waals surface area (Å²) >= 11 is 0. The van der Waals surface area contributed by atoms with Gasteiger partial charge < -0.3 is 0 Å². The predicted molar refractivity (Wildman–Crippen MR) is 62.5 cm³/mol. The van der Waals surface area contributed by atoms with Crippen molar-refractivity contribution in [1.82, 2.24) is 4.98 Å². The minimum atomic E-state index is 0.487. The molecule has 0 aromatic carbocycles. The number of allylic oxidation sites excluding steroid dienone is 1. The molecule has 1 nitrogen and oxygen atoms in total. The fourth-order valence-corrected chi connectivity index (χ4v) is 1.57. The lowest BCUT2D eigenvalue weighted by Crippen LogP contribution is -2.00. The molecule has 1 aromatic heterocycles. The molecule has 0 amide bonds. The van der Waals surface area contributed by atoms with Gasteiger partial charge in [0.1, 0.15) is 0 Å². The van der Waals surface area contributed by atoms with E-state index in [1.807, 2.05) is 13.1 Å². The van der Waals surface area contributed by atoms with Crippen molar-refractivity contribution in [3.05, 3.63) is 34.7 Å². The number of nitrogens with zero attached hydrogens (tertiary/aromatic N) is 1. The van der Waals surface area contributed by atoms with Crippen LogP contribution in [0.15, 0.2) is 12.3 Å². The first-order chi connectivity index (χ1) is 6.57. The van der Waals surface area contributed by atoms with E-state index in [-0.39, 0.29) is 0 Å². The van der Waals surface area contributed by atoms with Crippen LogP contribution < -0.4 is 0 Å². The monoisotopic (exact) mass is 189 g/mol. The summed E-state index contributed by atoms with van der Waals surface area (Å²) in [5.74, 6) is 0.487. The van der Waals surface area contributed by atoms with E-state index in [0.29, 0.717) is 5.92 Å². The number of pyridine rings is 1. The maximum absolute atomic E-state index is 4.51. The first-order valence-corrected chi connectivity index (χ1v) is 5.16. The molecule has 0 bridgehead atoms. The van der Waals surface area contributed by atoms with E-state index in [1.54, 1.807) is 0 Å². The van der Waals surface area contributed by atoms with Gasteiger partial charge in [-0.3, -0.25) is 4.98 Å². The smallest absolute Gasteiger partial charge is 0.0503 e. The van der Waals surface area contributed by atoms with E-state index in [0.717, 1.165) is 0 Å². The van der Waals surface area contributed by atoms with Crippen LogP contribution in [0.3, 0.4) is 0 Å². The third kappa shape index (κ3) is 2.03. The molecule has 14 heavy (non-hydrogen) atoms. The van der Waals surface area contributed by atoms with E-state index in [1.165, 1.54) is 22.4 Å². The fourth-order valence-electron chi connectivity index (χ4n) is 1.57. The number of aromatic nitrogens is 1. The molecule has 1 rings (SSSR count). The van der Waals surface area contributed by atoms with E-state index in [2.05, 4.69) is 44.8 Å². The van der Waals surface area contributed by atoms with Crippen LogP contribution in [0.2, 0.25) is 0 Å². The molecule has 0 aliphatic carbocycles. The zero-order valence-corrected chi connectivity index (χ0v) is 9.76. The Bertz CT molecular complexity index is 348. The van der Waals surface area contributed by atoms with Crippen molar-refractivity contribution in [2.75, 3.05) is 0 Å². The summed E-state index contributed by atoms with van der Waals surface area (Å²) < 4.78 is 0. The van der Waals surface area contributed by atoms with E-state index < -0.39 is 0 Å². The quantitative estimate of drug-likeness (QED) is 0.688. The number of hydrogen-bond acceptors (Lipinski definition) is 1. The Labute approximate surface area is 86.9 Å².